The lowest BCUT2D eigenvalue weighted by Crippen LogP contribution is -2.58. The number of carbonyl (C=O) groups is 2. The number of carboxylic acid groups (broad SMARTS) is 1. The molecule has 1 aromatic rings. The van der Waals surface area contributed by atoms with Crippen LogP contribution in [0.25, 0.3) is 0 Å². The number of piperazine rings is 1. The summed E-state index contributed by atoms with van der Waals surface area (Å²) in [4.78, 5) is 33.8. The average Bonchev–Trinajstić information content (AvgIpc) is 2.39. The lowest BCUT2D eigenvalue weighted by molar-refractivity contribution is -0.141. The summed E-state index contributed by atoms with van der Waals surface area (Å²) in [5.41, 5.74) is 0. The zero-order valence-electron chi connectivity index (χ0n) is 9.98. The van der Waals surface area contributed by atoms with Gasteiger partial charge in [-0.1, -0.05) is 0 Å². The molecule has 0 aliphatic carbocycles. The van der Waals surface area contributed by atoms with Crippen molar-refractivity contribution < 1.29 is 14.7 Å². The van der Waals surface area contributed by atoms with Gasteiger partial charge in [-0.15, -0.1) is 0 Å². The van der Waals surface area contributed by atoms with Crippen molar-refractivity contribution in [1.29, 1.82) is 0 Å². The maximum Gasteiger partial charge on any atom is 0.328 e. The second-order valence-electron chi connectivity index (χ2n) is 4.06. The van der Waals surface area contributed by atoms with E-state index in [1.54, 1.807) is 23.4 Å². The van der Waals surface area contributed by atoms with Crippen LogP contribution in [0.3, 0.4) is 0 Å². The molecule has 1 N–H and O–H groups in total. The zero-order valence-corrected chi connectivity index (χ0v) is 9.98. The van der Waals surface area contributed by atoms with Crippen molar-refractivity contribution in [1.82, 2.24) is 14.9 Å². The second kappa shape index (κ2) is 4.99. The number of rotatable bonds is 2. The number of hydrogen-bond acceptors (Lipinski definition) is 5. The summed E-state index contributed by atoms with van der Waals surface area (Å²) in [6.45, 7) is 2.49. The van der Waals surface area contributed by atoms with Crippen LogP contribution in [0.4, 0.5) is 5.95 Å². The van der Waals surface area contributed by atoms with Crippen molar-refractivity contribution in [2.24, 2.45) is 0 Å². The molecule has 7 heteroatoms. The van der Waals surface area contributed by atoms with Crippen molar-refractivity contribution >= 4 is 17.8 Å². The Hall–Kier alpha value is -2.18. The third-order valence-corrected chi connectivity index (χ3v) is 2.92. The van der Waals surface area contributed by atoms with E-state index in [0.717, 1.165) is 0 Å². The Balaban J connectivity index is 2.21. The van der Waals surface area contributed by atoms with Gasteiger partial charge < -0.3 is 14.9 Å². The molecule has 1 atom stereocenters. The third kappa shape index (κ3) is 2.39. The fourth-order valence-electron chi connectivity index (χ4n) is 1.96. The van der Waals surface area contributed by atoms with E-state index < -0.39 is 12.0 Å². The Labute approximate surface area is 104 Å². The fraction of sp³-hybridized carbons (Fsp3) is 0.455. The van der Waals surface area contributed by atoms with Crippen LogP contribution in [0.15, 0.2) is 18.5 Å². The maximum absolute atomic E-state index is 11.3. The first-order valence-electron chi connectivity index (χ1n) is 5.61. The highest BCUT2D eigenvalue weighted by Gasteiger charge is 2.34. The van der Waals surface area contributed by atoms with Crippen molar-refractivity contribution in [3.05, 3.63) is 18.5 Å². The zero-order chi connectivity index (χ0) is 13.1. The Morgan fingerprint density at radius 1 is 1.33 bits per heavy atom. The minimum atomic E-state index is -0.978. The van der Waals surface area contributed by atoms with Gasteiger partial charge in [-0.2, -0.15) is 0 Å². The van der Waals surface area contributed by atoms with E-state index >= 15 is 0 Å². The van der Waals surface area contributed by atoms with Crippen LogP contribution >= 0.6 is 0 Å². The topological polar surface area (TPSA) is 86.6 Å². The molecule has 1 aromatic heterocycles. The molecule has 0 bridgehead atoms. The normalized spacial score (nSPS) is 19.7. The van der Waals surface area contributed by atoms with Crippen LogP contribution in [0.1, 0.15) is 6.92 Å². The Kier molecular flexibility index (Phi) is 3.40. The van der Waals surface area contributed by atoms with Gasteiger partial charge in [-0.3, -0.25) is 4.79 Å². The van der Waals surface area contributed by atoms with E-state index in [1.807, 2.05) is 0 Å². The van der Waals surface area contributed by atoms with Crippen LogP contribution in [-0.2, 0) is 9.59 Å². The number of carbonyl (C=O) groups excluding carboxylic acids is 1. The van der Waals surface area contributed by atoms with Gasteiger partial charge in [0.2, 0.25) is 11.9 Å². The standard InChI is InChI=1S/C11H14N4O3/c1-8(16)14-5-6-15(9(7-14)10(17)18)11-12-3-2-4-13-11/h2-4,9H,5-7H2,1H3,(H,17,18)/t9-/m0/s1. The molecule has 1 amide bonds. The van der Waals surface area contributed by atoms with Crippen LogP contribution in [0.5, 0.6) is 0 Å². The van der Waals surface area contributed by atoms with Crippen LogP contribution in [0, 0.1) is 0 Å². The highest BCUT2D eigenvalue weighted by Crippen LogP contribution is 2.16. The van der Waals surface area contributed by atoms with Gasteiger partial charge in [-0.25, -0.2) is 14.8 Å². The molecule has 1 aliphatic heterocycles. The summed E-state index contributed by atoms with van der Waals surface area (Å²) in [6.07, 6.45) is 3.14. The molecule has 1 fully saturated rings. The highest BCUT2D eigenvalue weighted by atomic mass is 16.4. The predicted octanol–water partition coefficient (Wildman–Crippen LogP) is -0.402. The van der Waals surface area contributed by atoms with E-state index in [2.05, 4.69) is 9.97 Å². The van der Waals surface area contributed by atoms with E-state index in [-0.39, 0.29) is 12.5 Å². The quantitative estimate of drug-likeness (QED) is 0.768. The van der Waals surface area contributed by atoms with Crippen molar-refractivity contribution in [3.63, 3.8) is 0 Å². The molecule has 18 heavy (non-hydrogen) atoms. The van der Waals surface area contributed by atoms with Gasteiger partial charge in [0.05, 0.1) is 6.54 Å². The predicted molar refractivity (Wildman–Crippen MR) is 63.1 cm³/mol. The number of aromatic nitrogens is 2. The summed E-state index contributed by atoms with van der Waals surface area (Å²) < 4.78 is 0. The molecular weight excluding hydrogens is 236 g/mol. The second-order valence-corrected chi connectivity index (χ2v) is 4.06. The fourth-order valence-corrected chi connectivity index (χ4v) is 1.96. The minimum Gasteiger partial charge on any atom is -0.480 e. The third-order valence-electron chi connectivity index (χ3n) is 2.92. The molecule has 0 unspecified atom stereocenters. The molecule has 7 nitrogen and oxygen atoms in total. The Morgan fingerprint density at radius 3 is 2.56 bits per heavy atom. The lowest BCUT2D eigenvalue weighted by atomic mass is 10.1. The van der Waals surface area contributed by atoms with Gasteiger partial charge in [0.1, 0.15) is 6.04 Å². The van der Waals surface area contributed by atoms with Crippen LogP contribution in [-0.4, -0.2) is 57.5 Å². The van der Waals surface area contributed by atoms with E-state index in [1.165, 1.54) is 11.8 Å². The first-order chi connectivity index (χ1) is 8.59. The molecule has 96 valence electrons. The average molecular weight is 250 g/mol. The van der Waals surface area contributed by atoms with Crippen molar-refractivity contribution in [3.8, 4) is 0 Å². The van der Waals surface area contributed by atoms with Gasteiger partial charge in [0.25, 0.3) is 0 Å². The summed E-state index contributed by atoms with van der Waals surface area (Å²) >= 11 is 0. The number of nitrogens with zero attached hydrogens (tertiary/aromatic N) is 4. The first kappa shape index (κ1) is 12.3. The molecule has 2 heterocycles. The number of aliphatic carboxylic acids is 1. The maximum atomic E-state index is 11.3. The van der Waals surface area contributed by atoms with Crippen LogP contribution < -0.4 is 4.90 Å². The summed E-state index contributed by atoms with van der Waals surface area (Å²) in [5.74, 6) is -0.712. The van der Waals surface area contributed by atoms with Crippen molar-refractivity contribution in [2.75, 3.05) is 24.5 Å². The molecule has 0 radical (unpaired) electrons. The molecule has 0 aromatic carbocycles. The molecular formula is C11H14N4O3. The number of hydrogen-bond donors (Lipinski definition) is 1. The molecule has 2 rings (SSSR count). The Morgan fingerprint density at radius 2 is 2.00 bits per heavy atom. The van der Waals surface area contributed by atoms with Crippen LogP contribution in [0.2, 0.25) is 0 Å². The van der Waals surface area contributed by atoms with Gasteiger partial charge in [0.15, 0.2) is 0 Å². The molecule has 0 spiro atoms. The van der Waals surface area contributed by atoms with E-state index in [9.17, 15) is 14.7 Å². The summed E-state index contributed by atoms with van der Waals surface area (Å²) in [6, 6.07) is 0.871. The summed E-state index contributed by atoms with van der Waals surface area (Å²) in [5, 5.41) is 9.23. The van der Waals surface area contributed by atoms with Gasteiger partial charge >= 0.3 is 5.97 Å². The first-order valence-corrected chi connectivity index (χ1v) is 5.61. The van der Waals surface area contributed by atoms with E-state index in [0.29, 0.717) is 19.0 Å². The number of amides is 1. The van der Waals surface area contributed by atoms with Gasteiger partial charge in [-0.05, 0) is 6.07 Å². The molecule has 0 saturated carbocycles. The number of carboxylic acids is 1. The largest absolute Gasteiger partial charge is 0.480 e. The highest BCUT2D eigenvalue weighted by molar-refractivity contribution is 5.80. The SMILES string of the molecule is CC(=O)N1CCN(c2ncccn2)[C@H](C(=O)O)C1. The number of anilines is 1. The molecule has 1 aliphatic rings. The van der Waals surface area contributed by atoms with Gasteiger partial charge in [0, 0.05) is 32.4 Å². The lowest BCUT2D eigenvalue weighted by Gasteiger charge is -2.38. The monoisotopic (exact) mass is 250 g/mol. The van der Waals surface area contributed by atoms with E-state index in [4.69, 9.17) is 0 Å². The minimum absolute atomic E-state index is 0.116. The molecule has 1 saturated heterocycles. The smallest absolute Gasteiger partial charge is 0.328 e. The Bertz CT molecular complexity index is 451. The summed E-state index contributed by atoms with van der Waals surface area (Å²) in [7, 11) is 0. The van der Waals surface area contributed by atoms with Crippen molar-refractivity contribution in [2.45, 2.75) is 13.0 Å².